The van der Waals surface area contributed by atoms with Crippen LogP contribution in [0.25, 0.3) is 0 Å². The summed E-state index contributed by atoms with van der Waals surface area (Å²) in [5.41, 5.74) is 1.06. The lowest BCUT2D eigenvalue weighted by Gasteiger charge is -2.36. The van der Waals surface area contributed by atoms with Gasteiger partial charge in [-0.3, -0.25) is 0 Å². The Morgan fingerprint density at radius 3 is 2.48 bits per heavy atom. The van der Waals surface area contributed by atoms with Crippen LogP contribution in [0.4, 0.5) is 21.7 Å². The van der Waals surface area contributed by atoms with Gasteiger partial charge in [0.05, 0.1) is 0 Å². The number of nitrogens with one attached hydrogen (secondary N) is 1. The number of piperazine rings is 1. The van der Waals surface area contributed by atoms with Crippen LogP contribution < -0.4 is 15.1 Å². The van der Waals surface area contributed by atoms with Gasteiger partial charge in [-0.25, -0.2) is 14.4 Å². The van der Waals surface area contributed by atoms with Gasteiger partial charge in [-0.05, 0) is 24.3 Å². The molecule has 6 heteroatoms. The fourth-order valence-corrected chi connectivity index (χ4v) is 2.64. The Hall–Kier alpha value is -2.63. The maximum Gasteiger partial charge on any atom is 0.134 e. The second-order valence-electron chi connectivity index (χ2n) is 5.38. The maximum absolute atomic E-state index is 13.0. The van der Waals surface area contributed by atoms with E-state index < -0.39 is 0 Å². The summed E-state index contributed by atoms with van der Waals surface area (Å²) in [7, 11) is 0. The molecule has 0 atom stereocenters. The van der Waals surface area contributed by atoms with Crippen molar-refractivity contribution < 1.29 is 4.39 Å². The first-order valence-electron chi connectivity index (χ1n) is 7.68. The van der Waals surface area contributed by atoms with Crippen molar-refractivity contribution in [1.29, 1.82) is 0 Å². The molecule has 0 unspecified atom stereocenters. The van der Waals surface area contributed by atoms with E-state index in [-0.39, 0.29) is 5.82 Å². The lowest BCUT2D eigenvalue weighted by atomic mass is 10.2. The first-order valence-corrected chi connectivity index (χ1v) is 7.68. The number of benzene rings is 1. The van der Waals surface area contributed by atoms with Crippen molar-refractivity contribution in [2.24, 2.45) is 0 Å². The molecule has 2 aromatic rings. The number of hydrogen-bond donors (Lipinski definition) is 1. The monoisotopic (exact) mass is 313 g/mol. The summed E-state index contributed by atoms with van der Waals surface area (Å²) in [6, 6.07) is 8.62. The summed E-state index contributed by atoms with van der Waals surface area (Å²) in [4.78, 5) is 13.1. The van der Waals surface area contributed by atoms with E-state index in [2.05, 4.69) is 31.7 Å². The first kappa shape index (κ1) is 15.3. The molecular formula is C17H20FN5. The highest BCUT2D eigenvalue weighted by Gasteiger charge is 2.18. The minimum Gasteiger partial charge on any atom is -0.368 e. The molecule has 0 aliphatic carbocycles. The molecular weight excluding hydrogens is 293 g/mol. The average molecular weight is 313 g/mol. The Bertz CT molecular complexity index is 650. The third kappa shape index (κ3) is 3.77. The molecule has 5 nitrogen and oxygen atoms in total. The van der Waals surface area contributed by atoms with Crippen molar-refractivity contribution in [3.63, 3.8) is 0 Å². The van der Waals surface area contributed by atoms with Gasteiger partial charge in [0, 0.05) is 44.5 Å². The van der Waals surface area contributed by atoms with Crippen molar-refractivity contribution in [2.75, 3.05) is 47.8 Å². The molecule has 1 N–H and O–H groups in total. The predicted molar refractivity (Wildman–Crippen MR) is 91.5 cm³/mol. The first-order chi connectivity index (χ1) is 11.3. The number of nitrogens with zero attached hydrogens (tertiary/aromatic N) is 4. The minimum atomic E-state index is -0.201. The lowest BCUT2D eigenvalue weighted by Crippen LogP contribution is -2.46. The van der Waals surface area contributed by atoms with Gasteiger partial charge in [0.2, 0.25) is 0 Å². The SMILES string of the molecule is C=CCNc1cc(N2CCN(c3ccc(F)cc3)CC2)ncn1. The van der Waals surface area contributed by atoms with Gasteiger partial charge in [0.25, 0.3) is 0 Å². The number of halogens is 1. The molecule has 0 amide bonds. The van der Waals surface area contributed by atoms with E-state index >= 15 is 0 Å². The molecule has 23 heavy (non-hydrogen) atoms. The van der Waals surface area contributed by atoms with Crippen LogP contribution in [0.1, 0.15) is 0 Å². The van der Waals surface area contributed by atoms with E-state index in [4.69, 9.17) is 0 Å². The largest absolute Gasteiger partial charge is 0.368 e. The molecule has 0 spiro atoms. The normalized spacial score (nSPS) is 14.7. The topological polar surface area (TPSA) is 44.3 Å². The van der Waals surface area contributed by atoms with Gasteiger partial charge in [-0.2, -0.15) is 0 Å². The Morgan fingerprint density at radius 2 is 1.78 bits per heavy atom. The van der Waals surface area contributed by atoms with Crippen LogP contribution in [0.2, 0.25) is 0 Å². The van der Waals surface area contributed by atoms with E-state index in [0.717, 1.165) is 43.5 Å². The Balaban J connectivity index is 1.62. The van der Waals surface area contributed by atoms with Crippen LogP contribution in [0, 0.1) is 5.82 Å². The molecule has 1 saturated heterocycles. The van der Waals surface area contributed by atoms with E-state index in [1.54, 1.807) is 12.4 Å². The van der Waals surface area contributed by atoms with E-state index in [1.807, 2.05) is 18.2 Å². The Kier molecular flexibility index (Phi) is 4.71. The van der Waals surface area contributed by atoms with Gasteiger partial charge >= 0.3 is 0 Å². The molecule has 0 bridgehead atoms. The van der Waals surface area contributed by atoms with Crippen LogP contribution in [-0.2, 0) is 0 Å². The second kappa shape index (κ2) is 7.09. The highest BCUT2D eigenvalue weighted by Crippen LogP contribution is 2.20. The van der Waals surface area contributed by atoms with Crippen molar-refractivity contribution in [3.05, 3.63) is 55.1 Å². The highest BCUT2D eigenvalue weighted by atomic mass is 19.1. The second-order valence-corrected chi connectivity index (χ2v) is 5.38. The number of aromatic nitrogens is 2. The van der Waals surface area contributed by atoms with Crippen molar-refractivity contribution in [1.82, 2.24) is 9.97 Å². The van der Waals surface area contributed by atoms with Crippen LogP contribution in [0.5, 0.6) is 0 Å². The molecule has 0 saturated carbocycles. The van der Waals surface area contributed by atoms with Crippen LogP contribution in [0.3, 0.4) is 0 Å². The average Bonchev–Trinajstić information content (AvgIpc) is 2.61. The van der Waals surface area contributed by atoms with Gasteiger partial charge in [-0.1, -0.05) is 6.08 Å². The van der Waals surface area contributed by atoms with E-state index in [0.29, 0.717) is 6.54 Å². The fraction of sp³-hybridized carbons (Fsp3) is 0.294. The lowest BCUT2D eigenvalue weighted by molar-refractivity contribution is 0.624. The molecule has 2 heterocycles. The number of rotatable bonds is 5. The molecule has 120 valence electrons. The van der Waals surface area contributed by atoms with Gasteiger partial charge in [0.15, 0.2) is 0 Å². The molecule has 1 aliphatic rings. The summed E-state index contributed by atoms with van der Waals surface area (Å²) in [6.45, 7) is 7.86. The van der Waals surface area contributed by atoms with Crippen molar-refractivity contribution in [3.8, 4) is 0 Å². The summed E-state index contributed by atoms with van der Waals surface area (Å²) >= 11 is 0. The molecule has 3 rings (SSSR count). The Morgan fingerprint density at radius 1 is 1.09 bits per heavy atom. The quantitative estimate of drug-likeness (QED) is 0.860. The smallest absolute Gasteiger partial charge is 0.134 e. The summed E-state index contributed by atoms with van der Waals surface area (Å²) < 4.78 is 13.0. The number of hydrogen-bond acceptors (Lipinski definition) is 5. The van der Waals surface area contributed by atoms with Gasteiger partial charge in [-0.15, -0.1) is 6.58 Å². The zero-order valence-corrected chi connectivity index (χ0v) is 13.0. The molecule has 1 fully saturated rings. The van der Waals surface area contributed by atoms with Crippen molar-refractivity contribution in [2.45, 2.75) is 0 Å². The molecule has 1 aromatic heterocycles. The maximum atomic E-state index is 13.0. The molecule has 1 aliphatic heterocycles. The third-order valence-electron chi connectivity index (χ3n) is 3.88. The third-order valence-corrected chi connectivity index (χ3v) is 3.88. The highest BCUT2D eigenvalue weighted by molar-refractivity contribution is 5.52. The standard InChI is InChI=1S/C17H20FN5/c1-2-7-19-16-12-17(21-13-20-16)23-10-8-22(9-11-23)15-5-3-14(18)4-6-15/h2-6,12-13H,1,7-11H2,(H,19,20,21). The van der Waals surface area contributed by atoms with Crippen LogP contribution in [-0.4, -0.2) is 42.7 Å². The van der Waals surface area contributed by atoms with E-state index in [1.165, 1.54) is 12.1 Å². The van der Waals surface area contributed by atoms with Gasteiger partial charge in [0.1, 0.15) is 23.8 Å². The van der Waals surface area contributed by atoms with Crippen LogP contribution >= 0.6 is 0 Å². The summed E-state index contributed by atoms with van der Waals surface area (Å²) in [6.07, 6.45) is 3.37. The predicted octanol–water partition coefficient (Wildman–Crippen LogP) is 2.54. The fourth-order valence-electron chi connectivity index (χ4n) is 2.64. The summed E-state index contributed by atoms with van der Waals surface area (Å²) in [5, 5.41) is 3.17. The Labute approximate surface area is 135 Å². The molecule has 1 aromatic carbocycles. The zero-order valence-electron chi connectivity index (χ0n) is 13.0. The van der Waals surface area contributed by atoms with Gasteiger partial charge < -0.3 is 15.1 Å². The van der Waals surface area contributed by atoms with Crippen LogP contribution in [0.15, 0.2) is 49.3 Å². The summed E-state index contributed by atoms with van der Waals surface area (Å²) in [5.74, 6) is 1.52. The van der Waals surface area contributed by atoms with Crippen molar-refractivity contribution >= 4 is 17.3 Å². The zero-order chi connectivity index (χ0) is 16.1. The minimum absolute atomic E-state index is 0.201. The van der Waals surface area contributed by atoms with E-state index in [9.17, 15) is 4.39 Å². The molecule has 0 radical (unpaired) electrons. The number of anilines is 3.